The molecule has 0 bridgehead atoms. The van der Waals surface area contributed by atoms with E-state index >= 15 is 0 Å². The number of halogens is 2. The van der Waals surface area contributed by atoms with Gasteiger partial charge in [0.1, 0.15) is 5.82 Å². The van der Waals surface area contributed by atoms with E-state index in [0.717, 1.165) is 37.2 Å². The van der Waals surface area contributed by atoms with Crippen molar-refractivity contribution in [1.29, 1.82) is 0 Å². The lowest BCUT2D eigenvalue weighted by Gasteiger charge is -2.32. The van der Waals surface area contributed by atoms with E-state index in [4.69, 9.17) is 0 Å². The lowest BCUT2D eigenvalue weighted by Crippen LogP contribution is -2.41. The Morgan fingerprint density at radius 2 is 2.09 bits per heavy atom. The third-order valence-corrected chi connectivity index (χ3v) is 3.96. The van der Waals surface area contributed by atoms with Gasteiger partial charge in [-0.2, -0.15) is 0 Å². The average Bonchev–Trinajstić information content (AvgIpc) is 2.48. The Bertz CT molecular complexity index is 514. The number of carbonyl (C=O) groups excluding carboxylic acids is 1. The fourth-order valence-corrected chi connectivity index (χ4v) is 2.79. The van der Waals surface area contributed by atoms with Gasteiger partial charge in [0.25, 0.3) is 0 Å². The minimum Gasteiger partial charge on any atom is -0.339 e. The van der Waals surface area contributed by atoms with Crippen molar-refractivity contribution < 1.29 is 9.18 Å². The smallest absolute Gasteiger partial charge is 0.246 e. The highest BCUT2D eigenvalue weighted by molar-refractivity contribution is 5.94. The van der Waals surface area contributed by atoms with Crippen LogP contribution in [0.25, 0.3) is 5.57 Å². The zero-order chi connectivity index (χ0) is 15.2. The average molecular weight is 327 g/mol. The van der Waals surface area contributed by atoms with Gasteiger partial charge in [-0.25, -0.2) is 4.39 Å². The van der Waals surface area contributed by atoms with Gasteiger partial charge in [0, 0.05) is 19.2 Å². The van der Waals surface area contributed by atoms with E-state index in [2.05, 4.69) is 5.32 Å². The lowest BCUT2D eigenvalue weighted by molar-refractivity contribution is -0.127. The molecule has 0 radical (unpaired) electrons. The highest BCUT2D eigenvalue weighted by Crippen LogP contribution is 2.18. The second-order valence-electron chi connectivity index (χ2n) is 5.68. The van der Waals surface area contributed by atoms with Crippen molar-refractivity contribution in [2.75, 3.05) is 26.7 Å². The van der Waals surface area contributed by atoms with Gasteiger partial charge in [-0.1, -0.05) is 12.1 Å². The molecule has 1 atom stereocenters. The van der Waals surface area contributed by atoms with Gasteiger partial charge in [0.15, 0.2) is 0 Å². The predicted octanol–water partition coefficient (Wildman–Crippen LogP) is 3.11. The fraction of sp³-hybridized carbons (Fsp3) is 0.471. The third kappa shape index (κ3) is 5.11. The Labute approximate surface area is 138 Å². The second kappa shape index (κ2) is 8.91. The summed E-state index contributed by atoms with van der Waals surface area (Å²) in [6, 6.07) is 6.24. The van der Waals surface area contributed by atoms with Crippen LogP contribution in [0, 0.1) is 11.7 Å². The van der Waals surface area contributed by atoms with Crippen LogP contribution in [0.5, 0.6) is 0 Å². The van der Waals surface area contributed by atoms with Crippen LogP contribution < -0.4 is 5.32 Å². The minimum atomic E-state index is -0.260. The van der Waals surface area contributed by atoms with Crippen molar-refractivity contribution in [1.82, 2.24) is 10.2 Å². The molecule has 1 unspecified atom stereocenters. The van der Waals surface area contributed by atoms with Crippen LogP contribution in [0.15, 0.2) is 30.3 Å². The SMILES string of the molecule is CNCC1CCCN(C(=O)/C=C(\C)c2ccc(F)cc2)C1.Cl. The standard InChI is InChI=1S/C17H23FN2O.ClH/c1-13(15-5-7-16(18)8-6-15)10-17(21)20-9-3-4-14(12-20)11-19-2;/h5-8,10,14,19H,3-4,9,11-12H2,1-2H3;1H/b13-10+;. The molecule has 5 heteroatoms. The molecule has 0 saturated carbocycles. The lowest BCUT2D eigenvalue weighted by atomic mass is 9.97. The van der Waals surface area contributed by atoms with Gasteiger partial charge in [-0.3, -0.25) is 4.79 Å². The van der Waals surface area contributed by atoms with Gasteiger partial charge in [-0.05, 0) is 62.5 Å². The number of nitrogens with one attached hydrogen (secondary N) is 1. The third-order valence-electron chi connectivity index (χ3n) is 3.96. The monoisotopic (exact) mass is 326 g/mol. The molecule has 0 aromatic heterocycles. The number of carbonyl (C=O) groups is 1. The number of benzene rings is 1. The molecule has 1 N–H and O–H groups in total. The second-order valence-corrected chi connectivity index (χ2v) is 5.68. The summed E-state index contributed by atoms with van der Waals surface area (Å²) < 4.78 is 12.9. The predicted molar refractivity (Wildman–Crippen MR) is 90.5 cm³/mol. The molecule has 1 aromatic carbocycles. The van der Waals surface area contributed by atoms with Gasteiger partial charge in [-0.15, -0.1) is 12.4 Å². The van der Waals surface area contributed by atoms with Gasteiger partial charge in [0.2, 0.25) is 5.91 Å². The molecule has 2 rings (SSSR count). The zero-order valence-electron chi connectivity index (χ0n) is 13.1. The van der Waals surface area contributed by atoms with Gasteiger partial charge in [0.05, 0.1) is 0 Å². The number of hydrogen-bond acceptors (Lipinski definition) is 2. The molecule has 1 amide bonds. The van der Waals surface area contributed by atoms with Crippen molar-refractivity contribution in [2.45, 2.75) is 19.8 Å². The first-order valence-corrected chi connectivity index (χ1v) is 7.48. The number of amides is 1. The Balaban J connectivity index is 0.00000242. The van der Waals surface area contributed by atoms with E-state index in [0.29, 0.717) is 5.92 Å². The summed E-state index contributed by atoms with van der Waals surface area (Å²) in [6.45, 7) is 4.48. The summed E-state index contributed by atoms with van der Waals surface area (Å²) in [5, 5.41) is 3.18. The van der Waals surface area contributed by atoms with Crippen LogP contribution in [0.1, 0.15) is 25.3 Å². The van der Waals surface area contributed by atoms with E-state index in [-0.39, 0.29) is 24.1 Å². The fourth-order valence-electron chi connectivity index (χ4n) is 2.79. The Morgan fingerprint density at radius 3 is 2.73 bits per heavy atom. The summed E-state index contributed by atoms with van der Waals surface area (Å²) in [7, 11) is 1.94. The summed E-state index contributed by atoms with van der Waals surface area (Å²) in [5.74, 6) is 0.327. The van der Waals surface area contributed by atoms with Gasteiger partial charge >= 0.3 is 0 Å². The molecule has 1 aliphatic heterocycles. The van der Waals surface area contributed by atoms with E-state index in [1.54, 1.807) is 18.2 Å². The first kappa shape index (κ1) is 18.7. The molecule has 1 saturated heterocycles. The quantitative estimate of drug-likeness (QED) is 0.862. The molecule has 0 spiro atoms. The molecule has 122 valence electrons. The summed E-state index contributed by atoms with van der Waals surface area (Å²) in [6.07, 6.45) is 3.89. The first-order valence-electron chi connectivity index (χ1n) is 7.48. The molecule has 0 aliphatic carbocycles. The Morgan fingerprint density at radius 1 is 1.41 bits per heavy atom. The maximum Gasteiger partial charge on any atom is 0.246 e. The van der Waals surface area contributed by atoms with Crippen molar-refractivity contribution in [3.63, 3.8) is 0 Å². The first-order chi connectivity index (χ1) is 10.1. The van der Waals surface area contributed by atoms with Crippen molar-refractivity contribution in [3.05, 3.63) is 41.7 Å². The van der Waals surface area contributed by atoms with Crippen molar-refractivity contribution >= 4 is 23.9 Å². The normalized spacial score (nSPS) is 18.8. The number of rotatable bonds is 4. The molecule has 3 nitrogen and oxygen atoms in total. The number of likely N-dealkylation sites (tertiary alicyclic amines) is 1. The van der Waals surface area contributed by atoms with Crippen LogP contribution >= 0.6 is 12.4 Å². The maximum atomic E-state index is 12.9. The molecular formula is C17H24ClFN2O. The van der Waals surface area contributed by atoms with Crippen LogP contribution in [0.2, 0.25) is 0 Å². The molecule has 1 aliphatic rings. The molecule has 22 heavy (non-hydrogen) atoms. The van der Waals surface area contributed by atoms with Crippen LogP contribution in [0.3, 0.4) is 0 Å². The zero-order valence-corrected chi connectivity index (χ0v) is 14.0. The Hall–Kier alpha value is -1.39. The van der Waals surface area contributed by atoms with Crippen molar-refractivity contribution in [3.8, 4) is 0 Å². The topological polar surface area (TPSA) is 32.3 Å². The highest BCUT2D eigenvalue weighted by Gasteiger charge is 2.22. The minimum absolute atomic E-state index is 0. The maximum absolute atomic E-state index is 12.9. The van der Waals surface area contributed by atoms with Crippen LogP contribution in [-0.4, -0.2) is 37.5 Å². The summed E-state index contributed by atoms with van der Waals surface area (Å²) in [4.78, 5) is 14.3. The highest BCUT2D eigenvalue weighted by atomic mass is 35.5. The molecule has 1 heterocycles. The largest absolute Gasteiger partial charge is 0.339 e. The Kier molecular flexibility index (Phi) is 7.56. The van der Waals surface area contributed by atoms with Crippen LogP contribution in [0.4, 0.5) is 4.39 Å². The number of allylic oxidation sites excluding steroid dienone is 1. The molecule has 1 aromatic rings. The van der Waals surface area contributed by atoms with E-state index in [9.17, 15) is 9.18 Å². The van der Waals surface area contributed by atoms with E-state index in [1.165, 1.54) is 18.6 Å². The summed E-state index contributed by atoms with van der Waals surface area (Å²) >= 11 is 0. The molecular weight excluding hydrogens is 303 g/mol. The summed E-state index contributed by atoms with van der Waals surface area (Å²) in [5.41, 5.74) is 1.75. The number of hydrogen-bond donors (Lipinski definition) is 1. The van der Waals surface area contributed by atoms with Crippen molar-refractivity contribution in [2.24, 2.45) is 5.92 Å². The van der Waals surface area contributed by atoms with E-state index in [1.807, 2.05) is 18.9 Å². The number of piperidine rings is 1. The van der Waals surface area contributed by atoms with E-state index < -0.39 is 0 Å². The van der Waals surface area contributed by atoms with Gasteiger partial charge < -0.3 is 10.2 Å². The number of nitrogens with zero attached hydrogens (tertiary/aromatic N) is 1. The van der Waals surface area contributed by atoms with Crippen LogP contribution in [-0.2, 0) is 4.79 Å². The molecule has 1 fully saturated rings.